The molecule has 0 radical (unpaired) electrons. The fraction of sp³-hybridized carbons (Fsp3) is 0.214. The van der Waals surface area contributed by atoms with E-state index in [4.69, 9.17) is 16.3 Å². The van der Waals surface area contributed by atoms with Gasteiger partial charge in [0.2, 0.25) is 0 Å². The number of nitrogens with zero attached hydrogens (tertiary/aromatic N) is 1. The molecular weight excluding hydrogens is 330 g/mol. The number of halogens is 2. The summed E-state index contributed by atoms with van der Waals surface area (Å²) in [6.07, 6.45) is 2.63. The monoisotopic (exact) mass is 339 g/mol. The maximum atomic E-state index is 12.0. The lowest BCUT2D eigenvalue weighted by Gasteiger charge is -2.11. The van der Waals surface area contributed by atoms with Crippen LogP contribution in [0.25, 0.3) is 0 Å². The van der Waals surface area contributed by atoms with Gasteiger partial charge in [-0.3, -0.25) is 4.79 Å². The molecule has 0 aliphatic carbocycles. The molecule has 0 saturated carbocycles. The van der Waals surface area contributed by atoms with Crippen LogP contribution in [0, 0.1) is 0 Å². The first-order chi connectivity index (χ1) is 9.15. The molecule has 3 rings (SSSR count). The second-order valence-corrected chi connectivity index (χ2v) is 5.73. The van der Waals surface area contributed by atoms with Crippen molar-refractivity contribution in [2.24, 2.45) is 0 Å². The minimum atomic E-state index is -0.0609. The predicted molar refractivity (Wildman–Crippen MR) is 78.2 cm³/mol. The van der Waals surface area contributed by atoms with E-state index < -0.39 is 0 Å². The first-order valence-electron chi connectivity index (χ1n) is 5.94. The quantitative estimate of drug-likeness (QED) is 0.840. The molecule has 0 N–H and O–H groups in total. The Labute approximate surface area is 123 Å². The second-order valence-electron chi connectivity index (χ2n) is 4.44. The lowest BCUT2D eigenvalue weighted by molar-refractivity contribution is 0.352. The van der Waals surface area contributed by atoms with Gasteiger partial charge in [0.15, 0.2) is 0 Å². The molecule has 0 unspecified atom stereocenters. The summed E-state index contributed by atoms with van der Waals surface area (Å²) in [4.78, 5) is 12.0. The van der Waals surface area contributed by atoms with Gasteiger partial charge < -0.3 is 9.30 Å². The molecule has 5 heteroatoms. The Morgan fingerprint density at radius 3 is 3.11 bits per heavy atom. The number of hydrogen-bond donors (Lipinski definition) is 0. The molecule has 19 heavy (non-hydrogen) atoms. The standard InChI is InChI=1S/C14H11BrClNO2/c15-12-2-1-4-17(14(12)18)8-10-7-11(16)6-9-3-5-19-13(9)10/h1-2,4,6-7H,3,5,8H2. The Morgan fingerprint density at radius 2 is 2.26 bits per heavy atom. The Hall–Kier alpha value is -1.26. The van der Waals surface area contributed by atoms with Crippen molar-refractivity contribution in [2.45, 2.75) is 13.0 Å². The SMILES string of the molecule is O=c1c(Br)cccn1Cc1cc(Cl)cc2c1OCC2. The summed E-state index contributed by atoms with van der Waals surface area (Å²) in [5.41, 5.74) is 2.00. The highest BCUT2D eigenvalue weighted by Crippen LogP contribution is 2.33. The largest absolute Gasteiger partial charge is 0.493 e. The molecule has 2 aromatic rings. The van der Waals surface area contributed by atoms with Gasteiger partial charge >= 0.3 is 0 Å². The van der Waals surface area contributed by atoms with E-state index >= 15 is 0 Å². The van der Waals surface area contributed by atoms with Gasteiger partial charge in [-0.25, -0.2) is 0 Å². The lowest BCUT2D eigenvalue weighted by Crippen LogP contribution is -2.20. The molecule has 0 saturated heterocycles. The Morgan fingerprint density at radius 1 is 1.42 bits per heavy atom. The number of aromatic nitrogens is 1. The van der Waals surface area contributed by atoms with E-state index in [-0.39, 0.29) is 5.56 Å². The average Bonchev–Trinajstić information content (AvgIpc) is 2.83. The van der Waals surface area contributed by atoms with Gasteiger partial charge in [-0.15, -0.1) is 0 Å². The van der Waals surface area contributed by atoms with Crippen LogP contribution in [0.3, 0.4) is 0 Å². The number of fused-ring (bicyclic) bond motifs is 1. The molecule has 0 spiro atoms. The first-order valence-corrected chi connectivity index (χ1v) is 7.11. The number of benzene rings is 1. The minimum absolute atomic E-state index is 0.0609. The summed E-state index contributed by atoms with van der Waals surface area (Å²) >= 11 is 9.36. The van der Waals surface area contributed by atoms with Crippen LogP contribution in [0.2, 0.25) is 5.02 Å². The van der Waals surface area contributed by atoms with Gasteiger partial charge in [0.05, 0.1) is 17.6 Å². The van der Waals surface area contributed by atoms with Crippen LogP contribution in [0.1, 0.15) is 11.1 Å². The van der Waals surface area contributed by atoms with Gasteiger partial charge in [0.25, 0.3) is 5.56 Å². The van der Waals surface area contributed by atoms with E-state index in [1.807, 2.05) is 18.2 Å². The van der Waals surface area contributed by atoms with Crippen molar-refractivity contribution in [3.63, 3.8) is 0 Å². The Kier molecular flexibility index (Phi) is 3.37. The molecule has 1 aromatic heterocycles. The second kappa shape index (κ2) is 5.02. The zero-order valence-electron chi connectivity index (χ0n) is 10.0. The van der Waals surface area contributed by atoms with Gasteiger partial charge in [-0.2, -0.15) is 0 Å². The number of rotatable bonds is 2. The topological polar surface area (TPSA) is 31.2 Å². The van der Waals surface area contributed by atoms with E-state index in [1.54, 1.807) is 16.8 Å². The van der Waals surface area contributed by atoms with Crippen molar-refractivity contribution in [3.05, 3.63) is 61.4 Å². The van der Waals surface area contributed by atoms with Gasteiger partial charge in [0, 0.05) is 23.2 Å². The van der Waals surface area contributed by atoms with Gasteiger partial charge in [-0.1, -0.05) is 11.6 Å². The Bertz CT molecular complexity index is 696. The molecule has 3 nitrogen and oxygen atoms in total. The Balaban J connectivity index is 2.05. The molecule has 0 atom stereocenters. The summed E-state index contributed by atoms with van der Waals surface area (Å²) in [6, 6.07) is 7.35. The van der Waals surface area contributed by atoms with Crippen LogP contribution in [-0.2, 0) is 13.0 Å². The van der Waals surface area contributed by atoms with E-state index in [0.29, 0.717) is 22.6 Å². The highest BCUT2D eigenvalue weighted by molar-refractivity contribution is 9.10. The molecule has 98 valence electrons. The van der Waals surface area contributed by atoms with Crippen molar-refractivity contribution in [3.8, 4) is 5.75 Å². The van der Waals surface area contributed by atoms with Crippen LogP contribution in [0.15, 0.2) is 39.7 Å². The highest BCUT2D eigenvalue weighted by atomic mass is 79.9. The molecule has 0 fully saturated rings. The van der Waals surface area contributed by atoms with Crippen molar-refractivity contribution >= 4 is 27.5 Å². The summed E-state index contributed by atoms with van der Waals surface area (Å²) in [5, 5.41) is 0.683. The minimum Gasteiger partial charge on any atom is -0.493 e. The molecule has 1 aliphatic heterocycles. The maximum absolute atomic E-state index is 12.0. The third-order valence-corrected chi connectivity index (χ3v) is 3.96. The zero-order chi connectivity index (χ0) is 13.4. The van der Waals surface area contributed by atoms with Crippen LogP contribution >= 0.6 is 27.5 Å². The molecule has 1 aliphatic rings. The van der Waals surface area contributed by atoms with Crippen molar-refractivity contribution in [1.82, 2.24) is 4.57 Å². The third kappa shape index (κ3) is 2.42. The fourth-order valence-corrected chi connectivity index (χ4v) is 2.92. The molecule has 0 bridgehead atoms. The summed E-state index contributed by atoms with van der Waals surface area (Å²) in [7, 11) is 0. The predicted octanol–water partition coefficient (Wildman–Crippen LogP) is 3.25. The normalized spacial score (nSPS) is 13.2. The average molecular weight is 341 g/mol. The van der Waals surface area contributed by atoms with Crippen LogP contribution < -0.4 is 10.3 Å². The summed E-state index contributed by atoms with van der Waals surface area (Å²) < 4.78 is 7.83. The van der Waals surface area contributed by atoms with Crippen molar-refractivity contribution in [1.29, 1.82) is 0 Å². The van der Waals surface area contributed by atoms with Gasteiger partial charge in [-0.05, 0) is 45.8 Å². The van der Waals surface area contributed by atoms with E-state index in [0.717, 1.165) is 23.3 Å². The van der Waals surface area contributed by atoms with E-state index in [2.05, 4.69) is 15.9 Å². The van der Waals surface area contributed by atoms with Crippen LogP contribution in [0.5, 0.6) is 5.75 Å². The number of hydrogen-bond acceptors (Lipinski definition) is 2. The van der Waals surface area contributed by atoms with Crippen LogP contribution in [-0.4, -0.2) is 11.2 Å². The molecule has 0 amide bonds. The maximum Gasteiger partial charge on any atom is 0.265 e. The van der Waals surface area contributed by atoms with Gasteiger partial charge in [0.1, 0.15) is 5.75 Å². The van der Waals surface area contributed by atoms with Crippen molar-refractivity contribution < 1.29 is 4.74 Å². The smallest absolute Gasteiger partial charge is 0.265 e. The highest BCUT2D eigenvalue weighted by Gasteiger charge is 2.18. The molecule has 2 heterocycles. The third-order valence-electron chi connectivity index (χ3n) is 3.14. The fourth-order valence-electron chi connectivity index (χ4n) is 2.28. The molecule has 1 aromatic carbocycles. The lowest BCUT2D eigenvalue weighted by atomic mass is 10.1. The number of ether oxygens (including phenoxy) is 1. The summed E-state index contributed by atoms with van der Waals surface area (Å²) in [6.45, 7) is 1.14. The zero-order valence-corrected chi connectivity index (χ0v) is 12.4. The first kappa shape index (κ1) is 12.8. The number of pyridine rings is 1. The van der Waals surface area contributed by atoms with Crippen LogP contribution in [0.4, 0.5) is 0 Å². The van der Waals surface area contributed by atoms with Crippen molar-refractivity contribution in [2.75, 3.05) is 6.61 Å². The van der Waals surface area contributed by atoms with E-state index in [1.165, 1.54) is 0 Å². The molecular formula is C14H11BrClNO2. The van der Waals surface area contributed by atoms with E-state index in [9.17, 15) is 4.79 Å². The summed E-state index contributed by atoms with van der Waals surface area (Å²) in [5.74, 6) is 0.872.